The van der Waals surface area contributed by atoms with Crippen molar-refractivity contribution in [1.82, 2.24) is 4.90 Å². The number of carboxylic acids is 1. The van der Waals surface area contributed by atoms with E-state index in [0.29, 0.717) is 26.1 Å². The molecule has 5 nitrogen and oxygen atoms in total. The summed E-state index contributed by atoms with van der Waals surface area (Å²) in [4.78, 5) is 25.0. The van der Waals surface area contributed by atoms with Crippen molar-refractivity contribution in [2.75, 3.05) is 19.7 Å². The van der Waals surface area contributed by atoms with Crippen LogP contribution in [-0.2, 0) is 14.3 Å². The second-order valence-electron chi connectivity index (χ2n) is 6.14. The Labute approximate surface area is 112 Å². The topological polar surface area (TPSA) is 66.8 Å². The molecule has 2 saturated carbocycles. The fourth-order valence-corrected chi connectivity index (χ4v) is 3.51. The van der Waals surface area contributed by atoms with Crippen LogP contribution in [-0.4, -0.2) is 47.2 Å². The summed E-state index contributed by atoms with van der Waals surface area (Å²) >= 11 is 0. The van der Waals surface area contributed by atoms with Crippen LogP contribution >= 0.6 is 0 Å². The van der Waals surface area contributed by atoms with Crippen molar-refractivity contribution < 1.29 is 19.4 Å². The maximum absolute atomic E-state index is 12.3. The summed E-state index contributed by atoms with van der Waals surface area (Å²) in [7, 11) is 0. The van der Waals surface area contributed by atoms with Crippen molar-refractivity contribution in [3.63, 3.8) is 0 Å². The zero-order valence-corrected chi connectivity index (χ0v) is 11.1. The smallest absolute Gasteiger partial charge is 0.307 e. The van der Waals surface area contributed by atoms with E-state index in [1.807, 2.05) is 4.90 Å². The van der Waals surface area contributed by atoms with Gasteiger partial charge in [-0.25, -0.2) is 0 Å². The molecule has 3 rings (SSSR count). The molecule has 1 saturated heterocycles. The molecule has 0 aromatic heterocycles. The molecule has 0 bridgehead atoms. The lowest BCUT2D eigenvalue weighted by molar-refractivity contribution is -0.158. The zero-order chi connectivity index (χ0) is 13.5. The molecule has 3 aliphatic rings. The van der Waals surface area contributed by atoms with Gasteiger partial charge in [0.2, 0.25) is 5.91 Å². The fraction of sp³-hybridized carbons (Fsp3) is 0.857. The number of morpholine rings is 1. The lowest BCUT2D eigenvalue weighted by Crippen LogP contribution is -2.54. The molecule has 1 amide bonds. The third-order valence-electron chi connectivity index (χ3n) is 4.75. The molecule has 1 aliphatic heterocycles. The van der Waals surface area contributed by atoms with Crippen molar-refractivity contribution in [2.24, 2.45) is 11.8 Å². The number of carboxylic acid groups (broad SMARTS) is 1. The number of carbonyl (C=O) groups is 2. The molecule has 1 N–H and O–H groups in total. The van der Waals surface area contributed by atoms with Gasteiger partial charge in [0, 0.05) is 13.1 Å². The van der Waals surface area contributed by atoms with Crippen LogP contribution in [0.5, 0.6) is 0 Å². The zero-order valence-electron chi connectivity index (χ0n) is 11.1. The minimum Gasteiger partial charge on any atom is -0.481 e. The first-order valence-electron chi connectivity index (χ1n) is 7.27. The predicted molar refractivity (Wildman–Crippen MR) is 67.6 cm³/mol. The molecule has 5 heteroatoms. The van der Waals surface area contributed by atoms with E-state index in [9.17, 15) is 9.59 Å². The van der Waals surface area contributed by atoms with Crippen molar-refractivity contribution in [1.29, 1.82) is 0 Å². The van der Waals surface area contributed by atoms with Gasteiger partial charge in [-0.1, -0.05) is 19.3 Å². The van der Waals surface area contributed by atoms with E-state index < -0.39 is 11.9 Å². The summed E-state index contributed by atoms with van der Waals surface area (Å²) < 4.78 is 5.95. The molecule has 2 aliphatic carbocycles. The average molecular weight is 267 g/mol. The van der Waals surface area contributed by atoms with Crippen LogP contribution in [0.1, 0.15) is 38.5 Å². The summed E-state index contributed by atoms with van der Waals surface area (Å²) in [6.45, 7) is 1.87. The highest BCUT2D eigenvalue weighted by Crippen LogP contribution is 2.42. The van der Waals surface area contributed by atoms with Gasteiger partial charge in [0.05, 0.1) is 24.0 Å². The molecule has 2 atom stereocenters. The molecule has 1 heterocycles. The molecular formula is C14H21NO4. The van der Waals surface area contributed by atoms with Gasteiger partial charge in [0.25, 0.3) is 0 Å². The first-order valence-corrected chi connectivity index (χ1v) is 7.27. The monoisotopic (exact) mass is 267 g/mol. The highest BCUT2D eigenvalue weighted by atomic mass is 16.5. The second kappa shape index (κ2) is 4.78. The Bertz CT molecular complexity index is 383. The van der Waals surface area contributed by atoms with E-state index >= 15 is 0 Å². The second-order valence-corrected chi connectivity index (χ2v) is 6.14. The largest absolute Gasteiger partial charge is 0.481 e. The first-order chi connectivity index (χ1) is 9.11. The van der Waals surface area contributed by atoms with Gasteiger partial charge in [0.15, 0.2) is 0 Å². The maximum Gasteiger partial charge on any atom is 0.307 e. The van der Waals surface area contributed by atoms with E-state index in [4.69, 9.17) is 9.84 Å². The highest BCUT2D eigenvalue weighted by molar-refractivity contribution is 5.89. The lowest BCUT2D eigenvalue weighted by Gasteiger charge is -2.45. The standard InChI is InChI=1S/C14H21NO4/c16-12(10-8-11(10)13(17)18)15-6-7-19-14(9-15)4-2-1-3-5-14/h10-11H,1-9H2,(H,17,18)/t10-,11+/m1/s1. The van der Waals surface area contributed by atoms with E-state index in [1.165, 1.54) is 19.3 Å². The minimum atomic E-state index is -0.834. The number of amides is 1. The Kier molecular flexibility index (Phi) is 3.25. The normalized spacial score (nSPS) is 33.2. The molecule has 0 unspecified atom stereocenters. The molecule has 0 aromatic carbocycles. The number of hydrogen-bond donors (Lipinski definition) is 1. The van der Waals surface area contributed by atoms with Gasteiger partial charge in [-0.2, -0.15) is 0 Å². The minimum absolute atomic E-state index is 0.0284. The number of aliphatic carboxylic acids is 1. The van der Waals surface area contributed by atoms with E-state index in [-0.39, 0.29) is 17.4 Å². The van der Waals surface area contributed by atoms with E-state index in [2.05, 4.69) is 0 Å². The Morgan fingerprint density at radius 2 is 1.89 bits per heavy atom. The van der Waals surface area contributed by atoms with Gasteiger partial charge in [0.1, 0.15) is 0 Å². The van der Waals surface area contributed by atoms with Crippen molar-refractivity contribution in [2.45, 2.75) is 44.1 Å². The summed E-state index contributed by atoms with van der Waals surface area (Å²) in [6.07, 6.45) is 6.17. The fourth-order valence-electron chi connectivity index (χ4n) is 3.51. The van der Waals surface area contributed by atoms with E-state index in [1.54, 1.807) is 0 Å². The third-order valence-corrected chi connectivity index (χ3v) is 4.75. The van der Waals surface area contributed by atoms with Crippen molar-refractivity contribution in [3.05, 3.63) is 0 Å². The molecular weight excluding hydrogens is 246 g/mol. The van der Waals surface area contributed by atoms with Crippen LogP contribution in [0.15, 0.2) is 0 Å². The summed E-state index contributed by atoms with van der Waals surface area (Å²) in [5.41, 5.74) is -0.139. The maximum atomic E-state index is 12.3. The molecule has 1 spiro atoms. The molecule has 0 radical (unpaired) electrons. The molecule has 3 fully saturated rings. The van der Waals surface area contributed by atoms with Crippen LogP contribution in [0.2, 0.25) is 0 Å². The van der Waals surface area contributed by atoms with Crippen LogP contribution in [0.3, 0.4) is 0 Å². The molecule has 19 heavy (non-hydrogen) atoms. The van der Waals surface area contributed by atoms with Crippen molar-refractivity contribution in [3.8, 4) is 0 Å². The Morgan fingerprint density at radius 1 is 1.16 bits per heavy atom. The number of nitrogens with zero attached hydrogens (tertiary/aromatic N) is 1. The summed E-state index contributed by atoms with van der Waals surface area (Å²) in [5.74, 6) is -1.53. The van der Waals surface area contributed by atoms with Gasteiger partial charge in [-0.3, -0.25) is 9.59 Å². The Balaban J connectivity index is 1.62. The van der Waals surface area contributed by atoms with Crippen LogP contribution in [0.25, 0.3) is 0 Å². The Morgan fingerprint density at radius 3 is 2.53 bits per heavy atom. The SMILES string of the molecule is O=C(O)[C@H]1C[C@H]1C(=O)N1CCOC2(CCCCC2)C1. The number of rotatable bonds is 2. The van der Waals surface area contributed by atoms with Gasteiger partial charge >= 0.3 is 5.97 Å². The average Bonchev–Trinajstić information content (AvgIpc) is 3.19. The van der Waals surface area contributed by atoms with Gasteiger partial charge in [-0.15, -0.1) is 0 Å². The highest BCUT2D eigenvalue weighted by Gasteiger charge is 2.51. The summed E-state index contributed by atoms with van der Waals surface area (Å²) in [6, 6.07) is 0. The molecule has 106 valence electrons. The summed E-state index contributed by atoms with van der Waals surface area (Å²) in [5, 5.41) is 8.92. The number of hydrogen-bond acceptors (Lipinski definition) is 3. The molecule has 0 aromatic rings. The van der Waals surface area contributed by atoms with Crippen molar-refractivity contribution >= 4 is 11.9 Å². The van der Waals surface area contributed by atoms with E-state index in [0.717, 1.165) is 12.8 Å². The van der Waals surface area contributed by atoms with Gasteiger partial charge in [-0.05, 0) is 19.3 Å². The number of ether oxygens (including phenoxy) is 1. The third kappa shape index (κ3) is 2.48. The van der Waals surface area contributed by atoms with Gasteiger partial charge < -0.3 is 14.7 Å². The number of carbonyl (C=O) groups excluding carboxylic acids is 1. The van der Waals surface area contributed by atoms with Crippen LogP contribution < -0.4 is 0 Å². The lowest BCUT2D eigenvalue weighted by atomic mass is 9.83. The Hall–Kier alpha value is -1.10. The quantitative estimate of drug-likeness (QED) is 0.818. The van der Waals surface area contributed by atoms with Crippen LogP contribution in [0, 0.1) is 11.8 Å². The predicted octanol–water partition coefficient (Wildman–Crippen LogP) is 1.27. The first kappa shape index (κ1) is 12.9. The van der Waals surface area contributed by atoms with Crippen LogP contribution in [0.4, 0.5) is 0 Å².